The van der Waals surface area contributed by atoms with E-state index in [0.717, 1.165) is 24.1 Å². The average Bonchev–Trinajstić information content (AvgIpc) is 3.05. The van der Waals surface area contributed by atoms with Crippen LogP contribution in [0.1, 0.15) is 30.9 Å². The van der Waals surface area contributed by atoms with Crippen LogP contribution in [0.5, 0.6) is 0 Å². The van der Waals surface area contributed by atoms with Crippen LogP contribution in [0.4, 0.5) is 4.39 Å². The molecule has 0 aliphatic heterocycles. The number of benzene rings is 1. The van der Waals surface area contributed by atoms with Gasteiger partial charge in [0, 0.05) is 5.39 Å². The lowest BCUT2D eigenvalue weighted by Gasteiger charge is -2.13. The number of halogens is 2. The topological polar surface area (TPSA) is 38.3 Å². The number of hydrogen-bond acceptors (Lipinski definition) is 3. The van der Waals surface area contributed by atoms with Crippen molar-refractivity contribution < 1.29 is 13.2 Å². The summed E-state index contributed by atoms with van der Waals surface area (Å²) in [5.74, 6) is 1.20. The highest BCUT2D eigenvalue weighted by atomic mass is 79.9. The maximum atomic E-state index is 13.3. The highest BCUT2D eigenvalue weighted by molar-refractivity contribution is 9.10. The van der Waals surface area contributed by atoms with Crippen molar-refractivity contribution in [3.05, 3.63) is 58.4 Å². The SMILES string of the molecule is CCCNC(c1ccc(Br)o1)c1cc2cc(F)ccc2o1. The Kier molecular flexibility index (Phi) is 4.12. The third-order valence-corrected chi connectivity index (χ3v) is 3.69. The van der Waals surface area contributed by atoms with Crippen molar-refractivity contribution in [3.8, 4) is 0 Å². The molecule has 0 fully saturated rings. The summed E-state index contributed by atoms with van der Waals surface area (Å²) >= 11 is 3.31. The maximum Gasteiger partial charge on any atom is 0.169 e. The zero-order valence-electron chi connectivity index (χ0n) is 11.5. The van der Waals surface area contributed by atoms with Gasteiger partial charge >= 0.3 is 0 Å². The van der Waals surface area contributed by atoms with Crippen LogP contribution in [0, 0.1) is 5.82 Å². The lowest BCUT2D eigenvalue weighted by molar-refractivity contribution is 0.391. The van der Waals surface area contributed by atoms with Crippen molar-refractivity contribution in [1.29, 1.82) is 0 Å². The summed E-state index contributed by atoms with van der Waals surface area (Å²) in [7, 11) is 0. The molecule has 2 aromatic heterocycles. The minimum Gasteiger partial charge on any atom is -0.459 e. The lowest BCUT2D eigenvalue weighted by Crippen LogP contribution is -2.22. The van der Waals surface area contributed by atoms with Crippen LogP contribution in [0.2, 0.25) is 0 Å². The average molecular weight is 352 g/mol. The van der Waals surface area contributed by atoms with E-state index in [4.69, 9.17) is 8.83 Å². The number of furan rings is 2. The normalized spacial score (nSPS) is 12.9. The van der Waals surface area contributed by atoms with E-state index < -0.39 is 0 Å². The number of rotatable bonds is 5. The molecule has 0 radical (unpaired) electrons. The Balaban J connectivity index is 2.00. The summed E-state index contributed by atoms with van der Waals surface area (Å²) in [5.41, 5.74) is 0.667. The van der Waals surface area contributed by atoms with Gasteiger partial charge in [-0.2, -0.15) is 0 Å². The molecule has 1 aromatic carbocycles. The molecule has 0 saturated heterocycles. The van der Waals surface area contributed by atoms with Gasteiger partial charge in [0.2, 0.25) is 0 Å². The van der Waals surface area contributed by atoms with Gasteiger partial charge in [-0.15, -0.1) is 0 Å². The Hall–Kier alpha value is -1.59. The summed E-state index contributed by atoms with van der Waals surface area (Å²) in [4.78, 5) is 0. The molecule has 0 spiro atoms. The second-order valence-electron chi connectivity index (χ2n) is 4.86. The van der Waals surface area contributed by atoms with Crippen molar-refractivity contribution in [1.82, 2.24) is 5.32 Å². The van der Waals surface area contributed by atoms with Gasteiger partial charge in [-0.1, -0.05) is 6.92 Å². The second-order valence-corrected chi connectivity index (χ2v) is 5.64. The van der Waals surface area contributed by atoms with Crippen molar-refractivity contribution in [3.63, 3.8) is 0 Å². The first-order valence-corrected chi connectivity index (χ1v) is 7.64. The fourth-order valence-corrected chi connectivity index (χ4v) is 2.61. The van der Waals surface area contributed by atoms with Crippen LogP contribution in [-0.2, 0) is 0 Å². The molecular formula is C16H15BrFNO2. The maximum absolute atomic E-state index is 13.3. The van der Waals surface area contributed by atoms with E-state index in [1.165, 1.54) is 12.1 Å². The fraction of sp³-hybridized carbons (Fsp3) is 0.250. The third-order valence-electron chi connectivity index (χ3n) is 3.26. The van der Waals surface area contributed by atoms with Crippen LogP contribution in [0.25, 0.3) is 11.0 Å². The standard InChI is InChI=1S/C16H15BrFNO2/c1-2-7-19-16(13-5-6-15(17)21-13)14-9-10-8-11(18)3-4-12(10)20-14/h3-6,8-9,16,19H,2,7H2,1H3. The molecule has 0 aliphatic rings. The summed E-state index contributed by atoms with van der Waals surface area (Å²) in [5, 5.41) is 4.14. The van der Waals surface area contributed by atoms with Crippen LogP contribution in [-0.4, -0.2) is 6.54 Å². The first-order valence-electron chi connectivity index (χ1n) is 6.85. The van der Waals surface area contributed by atoms with E-state index in [1.54, 1.807) is 6.07 Å². The van der Waals surface area contributed by atoms with Gasteiger partial charge in [-0.05, 0) is 65.3 Å². The molecule has 3 aromatic rings. The highest BCUT2D eigenvalue weighted by Gasteiger charge is 2.21. The Morgan fingerprint density at radius 2 is 2.00 bits per heavy atom. The molecule has 3 nitrogen and oxygen atoms in total. The van der Waals surface area contributed by atoms with E-state index in [2.05, 4.69) is 28.2 Å². The Morgan fingerprint density at radius 3 is 2.71 bits per heavy atom. The predicted octanol–water partition coefficient (Wildman–Crippen LogP) is 5.02. The van der Waals surface area contributed by atoms with Crippen LogP contribution in [0.3, 0.4) is 0 Å². The van der Waals surface area contributed by atoms with Gasteiger partial charge in [-0.25, -0.2) is 4.39 Å². The van der Waals surface area contributed by atoms with E-state index in [0.29, 0.717) is 16.0 Å². The van der Waals surface area contributed by atoms with E-state index in [1.807, 2.05) is 18.2 Å². The smallest absolute Gasteiger partial charge is 0.169 e. The van der Waals surface area contributed by atoms with Gasteiger partial charge in [0.25, 0.3) is 0 Å². The van der Waals surface area contributed by atoms with E-state index in [9.17, 15) is 4.39 Å². The molecule has 1 unspecified atom stereocenters. The molecule has 0 saturated carbocycles. The van der Waals surface area contributed by atoms with Gasteiger partial charge in [0.15, 0.2) is 4.67 Å². The summed E-state index contributed by atoms with van der Waals surface area (Å²) in [6, 6.07) is 9.91. The monoisotopic (exact) mass is 351 g/mol. The van der Waals surface area contributed by atoms with Crippen molar-refractivity contribution in [2.24, 2.45) is 0 Å². The first-order chi connectivity index (χ1) is 10.2. The Bertz CT molecular complexity index is 750. The highest BCUT2D eigenvalue weighted by Crippen LogP contribution is 2.30. The fourth-order valence-electron chi connectivity index (χ4n) is 2.29. The minimum absolute atomic E-state index is 0.188. The molecular weight excluding hydrogens is 337 g/mol. The number of hydrogen-bond donors (Lipinski definition) is 1. The Labute approximate surface area is 130 Å². The molecule has 110 valence electrons. The molecule has 3 rings (SSSR count). The molecule has 1 atom stereocenters. The molecule has 1 N–H and O–H groups in total. The van der Waals surface area contributed by atoms with E-state index >= 15 is 0 Å². The van der Waals surface area contributed by atoms with Crippen molar-refractivity contribution >= 4 is 26.9 Å². The molecule has 5 heteroatoms. The minimum atomic E-state index is -0.270. The largest absolute Gasteiger partial charge is 0.459 e. The quantitative estimate of drug-likeness (QED) is 0.701. The molecule has 0 amide bonds. The third kappa shape index (κ3) is 3.04. The summed E-state index contributed by atoms with van der Waals surface area (Å²) in [6.07, 6.45) is 0.993. The van der Waals surface area contributed by atoms with Crippen LogP contribution in [0.15, 0.2) is 49.9 Å². The molecule has 0 aliphatic carbocycles. The van der Waals surface area contributed by atoms with Crippen molar-refractivity contribution in [2.45, 2.75) is 19.4 Å². The van der Waals surface area contributed by atoms with Gasteiger partial charge in [0.1, 0.15) is 29.0 Å². The van der Waals surface area contributed by atoms with E-state index in [-0.39, 0.29) is 11.9 Å². The summed E-state index contributed by atoms with van der Waals surface area (Å²) in [6.45, 7) is 2.92. The van der Waals surface area contributed by atoms with Gasteiger partial charge in [-0.3, -0.25) is 0 Å². The number of nitrogens with one attached hydrogen (secondary N) is 1. The number of fused-ring (bicyclic) bond motifs is 1. The molecule has 2 heterocycles. The van der Waals surface area contributed by atoms with Gasteiger partial charge < -0.3 is 14.2 Å². The van der Waals surface area contributed by atoms with Gasteiger partial charge in [0.05, 0.1) is 0 Å². The van der Waals surface area contributed by atoms with Crippen LogP contribution >= 0.6 is 15.9 Å². The zero-order valence-corrected chi connectivity index (χ0v) is 13.1. The zero-order chi connectivity index (χ0) is 14.8. The molecule has 21 heavy (non-hydrogen) atoms. The summed E-state index contributed by atoms with van der Waals surface area (Å²) < 4.78 is 25.4. The predicted molar refractivity (Wildman–Crippen MR) is 82.7 cm³/mol. The first kappa shape index (κ1) is 14.4. The Morgan fingerprint density at radius 1 is 1.14 bits per heavy atom. The van der Waals surface area contributed by atoms with Crippen LogP contribution < -0.4 is 5.32 Å². The molecule has 0 bridgehead atoms. The lowest BCUT2D eigenvalue weighted by atomic mass is 10.1. The second kappa shape index (κ2) is 6.03. The van der Waals surface area contributed by atoms with Crippen molar-refractivity contribution in [2.75, 3.05) is 6.54 Å².